The normalized spacial score (nSPS) is 10.9. The van der Waals surface area contributed by atoms with Crippen LogP contribution in [0.15, 0.2) is 10.9 Å². The zero-order valence-electron chi connectivity index (χ0n) is 9.50. The minimum atomic E-state index is -1.76. The van der Waals surface area contributed by atoms with Crippen LogP contribution in [0.1, 0.15) is 10.4 Å². The number of carbonyl (C=O) groups is 1. The first kappa shape index (κ1) is 12.9. The number of carboxylic acids is 1. The van der Waals surface area contributed by atoms with E-state index in [1.807, 2.05) is 0 Å². The summed E-state index contributed by atoms with van der Waals surface area (Å²) in [6.45, 7) is 0. The van der Waals surface area contributed by atoms with E-state index in [1.165, 1.54) is 0 Å². The van der Waals surface area contributed by atoms with Crippen molar-refractivity contribution in [2.24, 2.45) is 7.05 Å². The van der Waals surface area contributed by atoms with Crippen LogP contribution in [-0.4, -0.2) is 15.6 Å². The molecule has 0 aliphatic rings. The van der Waals surface area contributed by atoms with Crippen molar-refractivity contribution in [1.82, 2.24) is 4.57 Å². The van der Waals surface area contributed by atoms with Crippen molar-refractivity contribution < 1.29 is 23.1 Å². The highest BCUT2D eigenvalue weighted by molar-refractivity contribution is 5.97. The van der Waals surface area contributed by atoms with Gasteiger partial charge in [0.05, 0.1) is 10.9 Å². The molecule has 1 aromatic heterocycles. The second-order valence-electron chi connectivity index (χ2n) is 3.84. The Balaban J connectivity index is 3.17. The number of nitrogen functional groups attached to an aromatic ring is 1. The Morgan fingerprint density at radius 3 is 2.42 bits per heavy atom. The van der Waals surface area contributed by atoms with Gasteiger partial charge in [-0.15, -0.1) is 0 Å². The molecule has 5 nitrogen and oxygen atoms in total. The van der Waals surface area contributed by atoms with E-state index < -0.39 is 51.1 Å². The van der Waals surface area contributed by atoms with Crippen LogP contribution in [0.25, 0.3) is 10.9 Å². The fourth-order valence-electron chi connectivity index (χ4n) is 1.83. The lowest BCUT2D eigenvalue weighted by Gasteiger charge is -2.12. The van der Waals surface area contributed by atoms with Crippen LogP contribution in [0.2, 0.25) is 0 Å². The van der Waals surface area contributed by atoms with Gasteiger partial charge in [0.25, 0.3) is 0 Å². The number of pyridine rings is 1. The molecule has 0 bridgehead atoms. The number of carboxylic acid groups (broad SMARTS) is 1. The molecule has 0 radical (unpaired) electrons. The van der Waals surface area contributed by atoms with Crippen LogP contribution in [-0.2, 0) is 7.05 Å². The zero-order chi connectivity index (χ0) is 14.5. The number of hydrogen-bond donors (Lipinski definition) is 2. The predicted octanol–water partition coefficient (Wildman–Crippen LogP) is 1.24. The van der Waals surface area contributed by atoms with Crippen LogP contribution in [0.5, 0.6) is 0 Å². The summed E-state index contributed by atoms with van der Waals surface area (Å²) in [6, 6.07) is 0.446. The van der Waals surface area contributed by atoms with Crippen molar-refractivity contribution in [3.63, 3.8) is 0 Å². The number of benzene rings is 1. The van der Waals surface area contributed by atoms with Crippen molar-refractivity contribution in [2.75, 3.05) is 5.73 Å². The highest BCUT2D eigenvalue weighted by Crippen LogP contribution is 2.23. The van der Waals surface area contributed by atoms with Gasteiger partial charge in [-0.1, -0.05) is 0 Å². The van der Waals surface area contributed by atoms with E-state index in [2.05, 4.69) is 0 Å². The molecular formula is C11H7F3N2O3. The van der Waals surface area contributed by atoms with Gasteiger partial charge in [0, 0.05) is 7.05 Å². The Hall–Kier alpha value is -2.51. The molecule has 100 valence electrons. The summed E-state index contributed by atoms with van der Waals surface area (Å²) in [5.41, 5.74) is 2.83. The second-order valence-corrected chi connectivity index (χ2v) is 3.84. The maximum Gasteiger partial charge on any atom is 0.343 e. The summed E-state index contributed by atoms with van der Waals surface area (Å²) in [6.07, 6.45) is 0. The number of aryl methyl sites for hydroxylation is 1. The maximum absolute atomic E-state index is 13.6. The van der Waals surface area contributed by atoms with Gasteiger partial charge in [-0.3, -0.25) is 4.79 Å². The Kier molecular flexibility index (Phi) is 2.73. The molecule has 1 heterocycles. The number of aromatic carboxylic acids is 1. The largest absolute Gasteiger partial charge is 0.477 e. The third-order valence-corrected chi connectivity index (χ3v) is 2.77. The van der Waals surface area contributed by atoms with Gasteiger partial charge in [0.2, 0.25) is 5.43 Å². The van der Waals surface area contributed by atoms with Crippen molar-refractivity contribution in [1.29, 1.82) is 0 Å². The molecule has 2 rings (SSSR count). The molecule has 2 aromatic rings. The molecule has 0 spiro atoms. The van der Waals surface area contributed by atoms with Crippen molar-refractivity contribution >= 4 is 22.7 Å². The molecule has 0 unspecified atom stereocenters. The first-order valence-corrected chi connectivity index (χ1v) is 4.96. The standard InChI is InChI=1S/C11H7F3N2O3/c1-16-8-3(2-4(12)6(13)7(8)14)9(17)5(10(16)15)11(18)19/h2H,15H2,1H3,(H,18,19). The smallest absolute Gasteiger partial charge is 0.343 e. The zero-order valence-corrected chi connectivity index (χ0v) is 9.50. The number of halogens is 3. The summed E-state index contributed by atoms with van der Waals surface area (Å²) < 4.78 is 40.7. The van der Waals surface area contributed by atoms with Crippen LogP contribution in [0, 0.1) is 17.5 Å². The maximum atomic E-state index is 13.6. The van der Waals surface area contributed by atoms with Gasteiger partial charge >= 0.3 is 5.97 Å². The van der Waals surface area contributed by atoms with E-state index in [0.717, 1.165) is 11.6 Å². The fourth-order valence-corrected chi connectivity index (χ4v) is 1.83. The molecule has 0 amide bonds. The lowest BCUT2D eigenvalue weighted by molar-refractivity contribution is 0.0696. The number of anilines is 1. The molecule has 0 saturated carbocycles. The number of nitrogens with two attached hydrogens (primary N) is 1. The minimum absolute atomic E-state index is 0.446. The van der Waals surface area contributed by atoms with Gasteiger partial charge in [-0.05, 0) is 6.07 Å². The quantitative estimate of drug-likeness (QED) is 0.765. The van der Waals surface area contributed by atoms with Crippen LogP contribution in [0.4, 0.5) is 19.0 Å². The van der Waals surface area contributed by atoms with Gasteiger partial charge in [-0.2, -0.15) is 0 Å². The third kappa shape index (κ3) is 1.64. The molecule has 0 atom stereocenters. The molecule has 0 fully saturated rings. The number of nitrogens with zero attached hydrogens (tertiary/aromatic N) is 1. The van der Waals surface area contributed by atoms with Gasteiger partial charge < -0.3 is 15.4 Å². The van der Waals surface area contributed by atoms with E-state index in [9.17, 15) is 22.8 Å². The lowest BCUT2D eigenvalue weighted by Crippen LogP contribution is -2.23. The summed E-state index contributed by atoms with van der Waals surface area (Å²) in [5, 5.41) is 8.28. The first-order valence-electron chi connectivity index (χ1n) is 4.96. The van der Waals surface area contributed by atoms with Gasteiger partial charge in [-0.25, -0.2) is 18.0 Å². The fraction of sp³-hybridized carbons (Fsp3) is 0.0909. The monoisotopic (exact) mass is 272 g/mol. The number of aromatic nitrogens is 1. The average Bonchev–Trinajstić information content (AvgIpc) is 2.32. The summed E-state index contributed by atoms with van der Waals surface area (Å²) in [7, 11) is 1.14. The van der Waals surface area contributed by atoms with Crippen molar-refractivity contribution in [3.05, 3.63) is 39.3 Å². The third-order valence-electron chi connectivity index (χ3n) is 2.77. The number of hydrogen-bond acceptors (Lipinski definition) is 3. The van der Waals surface area contributed by atoms with Crippen LogP contribution in [0.3, 0.4) is 0 Å². The summed E-state index contributed by atoms with van der Waals surface area (Å²) in [5.74, 6) is -7.12. The van der Waals surface area contributed by atoms with Crippen LogP contribution >= 0.6 is 0 Å². The highest BCUT2D eigenvalue weighted by atomic mass is 19.2. The minimum Gasteiger partial charge on any atom is -0.477 e. The molecular weight excluding hydrogens is 265 g/mol. The molecule has 0 saturated heterocycles. The molecule has 0 aliphatic carbocycles. The first-order chi connectivity index (χ1) is 8.77. The number of rotatable bonds is 1. The Morgan fingerprint density at radius 1 is 1.32 bits per heavy atom. The predicted molar refractivity (Wildman–Crippen MR) is 60.4 cm³/mol. The molecule has 3 N–H and O–H groups in total. The summed E-state index contributed by atoms with van der Waals surface area (Å²) in [4.78, 5) is 22.7. The van der Waals surface area contributed by atoms with Gasteiger partial charge in [0.15, 0.2) is 17.5 Å². The topological polar surface area (TPSA) is 85.3 Å². The molecule has 0 aliphatic heterocycles. The SMILES string of the molecule is Cn1c(N)c(C(=O)O)c(=O)c2cc(F)c(F)c(F)c21. The Bertz CT molecular complexity index is 783. The Morgan fingerprint density at radius 2 is 1.89 bits per heavy atom. The van der Waals surface area contributed by atoms with Gasteiger partial charge in [0.1, 0.15) is 11.4 Å². The van der Waals surface area contributed by atoms with E-state index in [4.69, 9.17) is 10.8 Å². The van der Waals surface area contributed by atoms with Crippen molar-refractivity contribution in [2.45, 2.75) is 0 Å². The van der Waals surface area contributed by atoms with Crippen molar-refractivity contribution in [3.8, 4) is 0 Å². The lowest BCUT2D eigenvalue weighted by atomic mass is 10.1. The average molecular weight is 272 g/mol. The Labute approximate surface area is 103 Å². The van der Waals surface area contributed by atoms with Crippen LogP contribution < -0.4 is 11.2 Å². The molecule has 1 aromatic carbocycles. The van der Waals surface area contributed by atoms with E-state index in [0.29, 0.717) is 6.07 Å². The molecule has 8 heteroatoms. The van der Waals surface area contributed by atoms with E-state index in [-0.39, 0.29) is 0 Å². The van der Waals surface area contributed by atoms with E-state index >= 15 is 0 Å². The van der Waals surface area contributed by atoms with E-state index in [1.54, 1.807) is 0 Å². The summed E-state index contributed by atoms with van der Waals surface area (Å²) >= 11 is 0. The highest BCUT2D eigenvalue weighted by Gasteiger charge is 2.24. The number of fused-ring (bicyclic) bond motifs is 1. The molecule has 19 heavy (non-hydrogen) atoms. The second kappa shape index (κ2) is 4.01.